The fourth-order valence-electron chi connectivity index (χ4n) is 2.23. The lowest BCUT2D eigenvalue weighted by Crippen LogP contribution is -1.96. The van der Waals surface area contributed by atoms with Gasteiger partial charge in [-0.05, 0) is 43.4 Å². The first-order chi connectivity index (χ1) is 8.24. The van der Waals surface area contributed by atoms with Crippen LogP contribution in [0.2, 0.25) is 0 Å². The summed E-state index contributed by atoms with van der Waals surface area (Å²) in [5.41, 5.74) is 11.3. The molecule has 3 heteroatoms. The molecule has 1 heterocycles. The summed E-state index contributed by atoms with van der Waals surface area (Å²) in [6.07, 6.45) is 5.35. The van der Waals surface area contributed by atoms with E-state index in [4.69, 9.17) is 5.73 Å². The van der Waals surface area contributed by atoms with Crippen LogP contribution in [0.1, 0.15) is 23.2 Å². The van der Waals surface area contributed by atoms with Gasteiger partial charge in [-0.3, -0.25) is 0 Å². The molecule has 0 saturated heterocycles. The molecule has 2 N–H and O–H groups in total. The smallest absolute Gasteiger partial charge is 0.159 e. The summed E-state index contributed by atoms with van der Waals surface area (Å²) in [7, 11) is 0. The summed E-state index contributed by atoms with van der Waals surface area (Å²) < 4.78 is 0. The number of hydrogen-bond acceptors (Lipinski definition) is 3. The summed E-state index contributed by atoms with van der Waals surface area (Å²) in [5.74, 6) is 0.789. The molecule has 0 fully saturated rings. The third-order valence-corrected chi connectivity index (χ3v) is 3.35. The molecule has 1 aromatic heterocycles. The Kier molecular flexibility index (Phi) is 2.32. The van der Waals surface area contributed by atoms with Crippen molar-refractivity contribution in [3.63, 3.8) is 0 Å². The summed E-state index contributed by atoms with van der Waals surface area (Å²) in [4.78, 5) is 9.05. The second-order valence-corrected chi connectivity index (χ2v) is 4.59. The van der Waals surface area contributed by atoms with E-state index in [0.717, 1.165) is 35.5 Å². The number of anilines is 1. The Morgan fingerprint density at radius 3 is 2.94 bits per heavy atom. The van der Waals surface area contributed by atoms with Crippen molar-refractivity contribution in [3.05, 3.63) is 41.2 Å². The van der Waals surface area contributed by atoms with Gasteiger partial charge in [0.15, 0.2) is 5.82 Å². The van der Waals surface area contributed by atoms with Crippen molar-refractivity contribution in [1.29, 1.82) is 0 Å². The van der Waals surface area contributed by atoms with Crippen LogP contribution in [0.4, 0.5) is 5.69 Å². The van der Waals surface area contributed by atoms with Gasteiger partial charge in [0.25, 0.3) is 0 Å². The van der Waals surface area contributed by atoms with Crippen molar-refractivity contribution in [1.82, 2.24) is 9.97 Å². The zero-order valence-electron chi connectivity index (χ0n) is 9.90. The number of aromatic nitrogens is 2. The molecule has 0 spiro atoms. The maximum atomic E-state index is 5.92. The molecule has 3 nitrogen and oxygen atoms in total. The predicted octanol–water partition coefficient (Wildman–Crippen LogP) is 2.52. The molecule has 17 heavy (non-hydrogen) atoms. The molecular weight excluding hydrogens is 210 g/mol. The zero-order valence-corrected chi connectivity index (χ0v) is 9.90. The first kappa shape index (κ1) is 10.3. The third-order valence-electron chi connectivity index (χ3n) is 3.35. The van der Waals surface area contributed by atoms with Crippen LogP contribution in [0.25, 0.3) is 11.4 Å². The van der Waals surface area contributed by atoms with E-state index in [1.807, 2.05) is 31.3 Å². The quantitative estimate of drug-likeness (QED) is 0.759. The van der Waals surface area contributed by atoms with E-state index in [1.54, 1.807) is 0 Å². The molecule has 86 valence electrons. The maximum absolute atomic E-state index is 5.92. The fourth-order valence-corrected chi connectivity index (χ4v) is 2.23. The first-order valence-corrected chi connectivity index (χ1v) is 5.95. The van der Waals surface area contributed by atoms with E-state index >= 15 is 0 Å². The molecule has 0 saturated carbocycles. The van der Waals surface area contributed by atoms with E-state index in [0.29, 0.717) is 0 Å². The Bertz CT molecular complexity index is 576. The van der Waals surface area contributed by atoms with Crippen LogP contribution < -0.4 is 5.73 Å². The molecular formula is C14H15N3. The highest BCUT2D eigenvalue weighted by molar-refractivity contribution is 5.63. The van der Waals surface area contributed by atoms with Crippen molar-refractivity contribution >= 4 is 5.69 Å². The minimum absolute atomic E-state index is 0.789. The van der Waals surface area contributed by atoms with E-state index in [-0.39, 0.29) is 0 Å². The number of rotatable bonds is 1. The summed E-state index contributed by atoms with van der Waals surface area (Å²) in [6, 6.07) is 6.00. The van der Waals surface area contributed by atoms with Crippen LogP contribution in [-0.2, 0) is 12.8 Å². The van der Waals surface area contributed by atoms with Crippen LogP contribution in [0.5, 0.6) is 0 Å². The topological polar surface area (TPSA) is 51.8 Å². The van der Waals surface area contributed by atoms with Gasteiger partial charge >= 0.3 is 0 Å². The molecule has 0 radical (unpaired) electrons. The maximum Gasteiger partial charge on any atom is 0.159 e. The van der Waals surface area contributed by atoms with Crippen molar-refractivity contribution < 1.29 is 0 Å². The van der Waals surface area contributed by atoms with Gasteiger partial charge in [0.1, 0.15) is 0 Å². The highest BCUT2D eigenvalue weighted by Gasteiger charge is 2.14. The number of hydrogen-bond donors (Lipinski definition) is 1. The van der Waals surface area contributed by atoms with E-state index < -0.39 is 0 Å². The Labute approximate surface area is 101 Å². The number of nitrogens with two attached hydrogens (primary N) is 1. The molecule has 0 atom stereocenters. The largest absolute Gasteiger partial charge is 0.398 e. The van der Waals surface area contributed by atoms with Crippen molar-refractivity contribution in [2.45, 2.75) is 26.2 Å². The highest BCUT2D eigenvalue weighted by Crippen LogP contribution is 2.24. The van der Waals surface area contributed by atoms with E-state index in [9.17, 15) is 0 Å². The Morgan fingerprint density at radius 2 is 2.12 bits per heavy atom. The Hall–Kier alpha value is -1.90. The second-order valence-electron chi connectivity index (χ2n) is 4.59. The van der Waals surface area contributed by atoms with Crippen LogP contribution in [0, 0.1) is 6.92 Å². The zero-order chi connectivity index (χ0) is 11.8. The standard InChI is InChI=1S/C14H15N3/c1-9-5-6-10(7-12(9)15)14-16-8-11-3-2-4-13(11)17-14/h5-8H,2-4,15H2,1H3. The molecule has 1 aliphatic rings. The predicted molar refractivity (Wildman–Crippen MR) is 68.6 cm³/mol. The number of fused-ring (bicyclic) bond motifs is 1. The van der Waals surface area contributed by atoms with Gasteiger partial charge in [-0.1, -0.05) is 12.1 Å². The normalized spacial score (nSPS) is 13.7. The van der Waals surface area contributed by atoms with Gasteiger partial charge in [0, 0.05) is 23.1 Å². The minimum atomic E-state index is 0.789. The van der Waals surface area contributed by atoms with Crippen molar-refractivity contribution in [2.75, 3.05) is 5.73 Å². The number of benzene rings is 1. The van der Waals surface area contributed by atoms with Crippen LogP contribution >= 0.6 is 0 Å². The third kappa shape index (κ3) is 1.78. The molecule has 0 bridgehead atoms. The van der Waals surface area contributed by atoms with E-state index in [1.165, 1.54) is 17.7 Å². The molecule has 0 unspecified atom stereocenters. The monoisotopic (exact) mass is 225 g/mol. The molecule has 1 aliphatic carbocycles. The van der Waals surface area contributed by atoms with Crippen LogP contribution in [-0.4, -0.2) is 9.97 Å². The lowest BCUT2D eigenvalue weighted by Gasteiger charge is -2.05. The van der Waals surface area contributed by atoms with Crippen LogP contribution in [0.15, 0.2) is 24.4 Å². The highest BCUT2D eigenvalue weighted by atomic mass is 14.9. The molecule has 2 aromatic rings. The van der Waals surface area contributed by atoms with Crippen LogP contribution in [0.3, 0.4) is 0 Å². The molecule has 3 rings (SSSR count). The first-order valence-electron chi connectivity index (χ1n) is 5.95. The molecule has 1 aromatic carbocycles. The van der Waals surface area contributed by atoms with Gasteiger partial charge in [-0.2, -0.15) is 0 Å². The number of nitrogen functional groups attached to an aromatic ring is 1. The average Bonchev–Trinajstić information content (AvgIpc) is 2.79. The van der Waals surface area contributed by atoms with Gasteiger partial charge < -0.3 is 5.73 Å². The van der Waals surface area contributed by atoms with Gasteiger partial charge in [-0.25, -0.2) is 9.97 Å². The number of nitrogens with zero attached hydrogens (tertiary/aromatic N) is 2. The summed E-state index contributed by atoms with van der Waals surface area (Å²) >= 11 is 0. The lowest BCUT2D eigenvalue weighted by atomic mass is 10.1. The Balaban J connectivity index is 2.06. The lowest BCUT2D eigenvalue weighted by molar-refractivity contribution is 0.900. The SMILES string of the molecule is Cc1ccc(-c2ncc3c(n2)CCC3)cc1N. The minimum Gasteiger partial charge on any atom is -0.398 e. The van der Waals surface area contributed by atoms with Crippen molar-refractivity contribution in [3.8, 4) is 11.4 Å². The summed E-state index contributed by atoms with van der Waals surface area (Å²) in [5, 5.41) is 0. The average molecular weight is 225 g/mol. The molecule has 0 aliphatic heterocycles. The van der Waals surface area contributed by atoms with Gasteiger partial charge in [0.2, 0.25) is 0 Å². The number of aryl methyl sites for hydroxylation is 3. The van der Waals surface area contributed by atoms with Gasteiger partial charge in [-0.15, -0.1) is 0 Å². The Morgan fingerprint density at radius 1 is 1.24 bits per heavy atom. The van der Waals surface area contributed by atoms with E-state index in [2.05, 4.69) is 9.97 Å². The molecule has 0 amide bonds. The summed E-state index contributed by atoms with van der Waals surface area (Å²) in [6.45, 7) is 2.00. The van der Waals surface area contributed by atoms with Crippen molar-refractivity contribution in [2.24, 2.45) is 0 Å². The fraction of sp³-hybridized carbons (Fsp3) is 0.286. The second kappa shape index (κ2) is 3.84. The van der Waals surface area contributed by atoms with Gasteiger partial charge in [0.05, 0.1) is 0 Å².